The molecular formula is C23H26ClFN2O2. The molecule has 1 aliphatic heterocycles. The number of aliphatic hydroxyl groups is 1. The molecule has 1 heterocycles. The van der Waals surface area contributed by atoms with E-state index in [2.05, 4.69) is 4.99 Å². The van der Waals surface area contributed by atoms with E-state index >= 15 is 0 Å². The number of aliphatic imine (C=N–C) groups is 1. The number of allylic oxidation sites excluding steroid dienone is 7. The second kappa shape index (κ2) is 10.3. The molecule has 0 saturated carbocycles. The van der Waals surface area contributed by atoms with Crippen molar-refractivity contribution in [2.75, 3.05) is 11.4 Å². The van der Waals surface area contributed by atoms with Gasteiger partial charge < -0.3 is 5.11 Å². The summed E-state index contributed by atoms with van der Waals surface area (Å²) in [6.45, 7) is 7.53. The normalized spacial score (nSPS) is 15.5. The Kier molecular flexibility index (Phi) is 8.11. The summed E-state index contributed by atoms with van der Waals surface area (Å²) in [5.41, 5.74) is 3.88. The number of halogens is 2. The van der Waals surface area contributed by atoms with Crippen LogP contribution in [-0.2, 0) is 11.4 Å². The van der Waals surface area contributed by atoms with Gasteiger partial charge in [0.1, 0.15) is 5.83 Å². The third-order valence-electron chi connectivity index (χ3n) is 4.59. The lowest BCUT2D eigenvalue weighted by Gasteiger charge is -2.26. The van der Waals surface area contributed by atoms with E-state index in [4.69, 9.17) is 11.6 Å². The van der Waals surface area contributed by atoms with Gasteiger partial charge in [0.25, 0.3) is 0 Å². The average molecular weight is 417 g/mol. The minimum absolute atomic E-state index is 0.00848. The van der Waals surface area contributed by atoms with Crippen LogP contribution in [0, 0.1) is 5.92 Å². The van der Waals surface area contributed by atoms with Crippen LogP contribution in [0.2, 0.25) is 0 Å². The van der Waals surface area contributed by atoms with Crippen molar-refractivity contribution in [1.82, 2.24) is 0 Å². The van der Waals surface area contributed by atoms with Crippen molar-refractivity contribution in [3.8, 4) is 0 Å². The molecule has 154 valence electrons. The van der Waals surface area contributed by atoms with Gasteiger partial charge in [0.15, 0.2) is 0 Å². The molecule has 1 aliphatic rings. The third kappa shape index (κ3) is 5.31. The van der Waals surface area contributed by atoms with Gasteiger partial charge in [0, 0.05) is 11.4 Å². The Hall–Kier alpha value is -2.50. The number of anilines is 1. The van der Waals surface area contributed by atoms with E-state index in [0.29, 0.717) is 33.1 Å². The zero-order chi connectivity index (χ0) is 21.6. The van der Waals surface area contributed by atoms with Gasteiger partial charge in [-0.25, -0.2) is 4.39 Å². The molecule has 1 aromatic carbocycles. The average Bonchev–Trinajstić information content (AvgIpc) is 2.86. The van der Waals surface area contributed by atoms with Crippen LogP contribution in [0.1, 0.15) is 38.8 Å². The number of rotatable bonds is 7. The van der Waals surface area contributed by atoms with E-state index in [9.17, 15) is 14.3 Å². The van der Waals surface area contributed by atoms with Crippen molar-refractivity contribution in [3.63, 3.8) is 0 Å². The summed E-state index contributed by atoms with van der Waals surface area (Å²) in [6, 6.07) is 5.32. The molecule has 29 heavy (non-hydrogen) atoms. The summed E-state index contributed by atoms with van der Waals surface area (Å²) < 4.78 is 13.9. The molecular weight excluding hydrogens is 391 g/mol. The van der Waals surface area contributed by atoms with E-state index in [1.807, 2.05) is 26.8 Å². The van der Waals surface area contributed by atoms with Gasteiger partial charge in [-0.2, -0.15) is 0 Å². The van der Waals surface area contributed by atoms with Crippen LogP contribution >= 0.6 is 11.6 Å². The maximum atomic E-state index is 13.9. The van der Waals surface area contributed by atoms with Crippen LogP contribution in [0.5, 0.6) is 0 Å². The Morgan fingerprint density at radius 2 is 2.14 bits per heavy atom. The highest BCUT2D eigenvalue weighted by Crippen LogP contribution is 2.32. The lowest BCUT2D eigenvalue weighted by Crippen LogP contribution is -2.25. The second-order valence-electron chi connectivity index (χ2n) is 7.03. The molecule has 0 fully saturated rings. The van der Waals surface area contributed by atoms with Crippen LogP contribution in [0.3, 0.4) is 0 Å². The summed E-state index contributed by atoms with van der Waals surface area (Å²) >= 11 is 6.44. The molecule has 6 heteroatoms. The third-order valence-corrected chi connectivity index (χ3v) is 4.91. The SMILES string of the molecule is C/C=C\C(Cl)=C(/C(C)C)N(C=O)c1ccc(CO)c(C2=CC(C)=C(F)C=NC2)c1. The Balaban J connectivity index is 2.65. The van der Waals surface area contributed by atoms with Gasteiger partial charge in [-0.3, -0.25) is 14.7 Å². The molecule has 2 rings (SSSR count). The van der Waals surface area contributed by atoms with Gasteiger partial charge >= 0.3 is 0 Å². The molecule has 1 amide bonds. The molecule has 0 spiro atoms. The first-order valence-corrected chi connectivity index (χ1v) is 9.79. The highest BCUT2D eigenvalue weighted by Gasteiger charge is 2.20. The fourth-order valence-corrected chi connectivity index (χ4v) is 3.61. The van der Waals surface area contributed by atoms with Crippen molar-refractivity contribution in [2.24, 2.45) is 10.9 Å². The maximum Gasteiger partial charge on any atom is 0.218 e. The van der Waals surface area contributed by atoms with Gasteiger partial charge in [0.2, 0.25) is 6.41 Å². The molecule has 1 N–H and O–H groups in total. The second-order valence-corrected chi connectivity index (χ2v) is 7.44. The smallest absolute Gasteiger partial charge is 0.218 e. The van der Waals surface area contributed by atoms with Gasteiger partial charge in [0.05, 0.1) is 24.4 Å². The maximum absolute atomic E-state index is 13.9. The zero-order valence-corrected chi connectivity index (χ0v) is 17.9. The monoisotopic (exact) mass is 416 g/mol. The molecule has 4 nitrogen and oxygen atoms in total. The van der Waals surface area contributed by atoms with Crippen molar-refractivity contribution in [3.05, 3.63) is 69.7 Å². The Morgan fingerprint density at radius 3 is 2.72 bits per heavy atom. The van der Waals surface area contributed by atoms with Gasteiger partial charge in [-0.05, 0) is 60.2 Å². The van der Waals surface area contributed by atoms with E-state index in [1.165, 1.54) is 11.1 Å². The predicted octanol–water partition coefficient (Wildman–Crippen LogP) is 5.54. The number of aliphatic hydroxyl groups excluding tert-OH is 1. The summed E-state index contributed by atoms with van der Waals surface area (Å²) in [5, 5.41) is 10.3. The number of hydrogen-bond donors (Lipinski definition) is 1. The Labute approximate surface area is 176 Å². The fraction of sp³-hybridized carbons (Fsp3) is 0.304. The number of carbonyl (C=O) groups is 1. The molecule has 0 aromatic heterocycles. The van der Waals surface area contributed by atoms with Crippen LogP contribution < -0.4 is 4.90 Å². The number of benzene rings is 1. The van der Waals surface area contributed by atoms with Crippen molar-refractivity contribution < 1.29 is 14.3 Å². The first-order valence-electron chi connectivity index (χ1n) is 9.41. The predicted molar refractivity (Wildman–Crippen MR) is 119 cm³/mol. The lowest BCUT2D eigenvalue weighted by molar-refractivity contribution is -0.107. The van der Waals surface area contributed by atoms with Crippen molar-refractivity contribution >= 4 is 35.5 Å². The Morgan fingerprint density at radius 1 is 1.41 bits per heavy atom. The fourth-order valence-electron chi connectivity index (χ4n) is 3.17. The quantitative estimate of drug-likeness (QED) is 0.469. The molecule has 0 atom stereocenters. The molecule has 0 saturated heterocycles. The first kappa shape index (κ1) is 22.8. The van der Waals surface area contributed by atoms with Gasteiger partial charge in [-0.15, -0.1) is 0 Å². The number of hydrogen-bond acceptors (Lipinski definition) is 3. The van der Waals surface area contributed by atoms with E-state index < -0.39 is 0 Å². The van der Waals surface area contributed by atoms with Crippen LogP contribution in [0.4, 0.5) is 10.1 Å². The standard InChI is InChI=1S/C23H26ClFN2O2/c1-5-6-21(24)23(15(2)3)27(14-29)19-8-7-17(13-28)20(10-19)18-9-16(4)22(25)12-26-11-18/h5-10,12,14-15,28H,11,13H2,1-4H3/b6-5-,23-21-. The number of carbonyl (C=O) groups excluding carboxylic acids is 1. The lowest BCUT2D eigenvalue weighted by atomic mass is 9.96. The molecule has 0 unspecified atom stereocenters. The topological polar surface area (TPSA) is 52.9 Å². The Bertz CT molecular complexity index is 927. The van der Waals surface area contributed by atoms with Crippen LogP contribution in [0.25, 0.3) is 5.57 Å². The number of amides is 1. The van der Waals surface area contributed by atoms with E-state index in [-0.39, 0.29) is 24.9 Å². The highest BCUT2D eigenvalue weighted by molar-refractivity contribution is 6.32. The van der Waals surface area contributed by atoms with E-state index in [1.54, 1.807) is 37.3 Å². The summed E-state index contributed by atoms with van der Waals surface area (Å²) in [5.74, 6) is -0.398. The molecule has 0 radical (unpaired) electrons. The molecule has 0 bridgehead atoms. The minimum Gasteiger partial charge on any atom is -0.392 e. The minimum atomic E-state index is -0.389. The van der Waals surface area contributed by atoms with E-state index in [0.717, 1.165) is 12.0 Å². The highest BCUT2D eigenvalue weighted by atomic mass is 35.5. The summed E-state index contributed by atoms with van der Waals surface area (Å²) in [7, 11) is 0. The summed E-state index contributed by atoms with van der Waals surface area (Å²) in [6.07, 6.45) is 7.21. The molecule has 0 aliphatic carbocycles. The first-order chi connectivity index (χ1) is 13.8. The number of nitrogens with zero attached hydrogens (tertiary/aromatic N) is 2. The molecule has 1 aromatic rings. The van der Waals surface area contributed by atoms with Gasteiger partial charge in [-0.1, -0.05) is 43.7 Å². The van der Waals surface area contributed by atoms with Crippen molar-refractivity contribution in [1.29, 1.82) is 0 Å². The summed E-state index contributed by atoms with van der Waals surface area (Å²) in [4.78, 5) is 17.6. The van der Waals surface area contributed by atoms with Crippen molar-refractivity contribution in [2.45, 2.75) is 34.3 Å². The largest absolute Gasteiger partial charge is 0.392 e. The zero-order valence-electron chi connectivity index (χ0n) is 17.1. The van der Waals surface area contributed by atoms with Crippen LogP contribution in [-0.4, -0.2) is 24.3 Å². The van der Waals surface area contributed by atoms with Crippen LogP contribution in [0.15, 0.2) is 63.5 Å².